The second kappa shape index (κ2) is 4.43. The fraction of sp³-hybridized carbons (Fsp3) is 0.692. The normalized spacial score (nSPS) is 24.2. The molecule has 1 aliphatic carbocycles. The number of H-pyrrole nitrogens is 1. The van der Waals surface area contributed by atoms with Gasteiger partial charge >= 0.3 is 0 Å². The molecule has 1 saturated carbocycles. The molecule has 0 radical (unpaired) electrons. The van der Waals surface area contributed by atoms with E-state index in [0.717, 1.165) is 25.7 Å². The molecule has 6 nitrogen and oxygen atoms in total. The van der Waals surface area contributed by atoms with Crippen molar-refractivity contribution in [1.82, 2.24) is 20.1 Å². The number of carbonyl (C=O) groups excluding carboxylic acids is 2. The summed E-state index contributed by atoms with van der Waals surface area (Å²) in [4.78, 5) is 30.3. The molecule has 2 aliphatic rings. The molecular formula is C13H18N4O2. The van der Waals surface area contributed by atoms with Crippen molar-refractivity contribution in [3.05, 3.63) is 12.2 Å². The number of hydrogen-bond acceptors (Lipinski definition) is 4. The van der Waals surface area contributed by atoms with Crippen molar-refractivity contribution in [1.29, 1.82) is 0 Å². The van der Waals surface area contributed by atoms with Gasteiger partial charge < -0.3 is 0 Å². The third-order valence-corrected chi connectivity index (χ3v) is 4.46. The lowest BCUT2D eigenvalue weighted by molar-refractivity contribution is -0.144. The van der Waals surface area contributed by atoms with Crippen LogP contribution in [0.15, 0.2) is 6.33 Å². The standard InChI is InChI=1S/C13H18N4O2/c1-9(11-14-8-15-16-11)17-10(18)7-13(12(17)19)5-3-2-4-6-13/h8-9H,2-7H2,1H3,(H,14,15,16). The van der Waals surface area contributed by atoms with Gasteiger partial charge in [-0.3, -0.25) is 19.6 Å². The minimum Gasteiger partial charge on any atom is -0.274 e. The molecule has 0 aromatic carbocycles. The van der Waals surface area contributed by atoms with Gasteiger partial charge in [0, 0.05) is 6.42 Å². The van der Waals surface area contributed by atoms with Gasteiger partial charge in [-0.15, -0.1) is 0 Å². The molecule has 1 aliphatic heterocycles. The van der Waals surface area contributed by atoms with Crippen molar-refractivity contribution in [2.24, 2.45) is 5.41 Å². The number of aromatic nitrogens is 3. The number of likely N-dealkylation sites (tertiary alicyclic amines) is 1. The molecule has 0 bridgehead atoms. The molecule has 1 atom stereocenters. The first kappa shape index (κ1) is 12.3. The zero-order valence-electron chi connectivity index (χ0n) is 11.1. The average molecular weight is 262 g/mol. The molecule has 3 rings (SSSR count). The number of amides is 2. The maximum absolute atomic E-state index is 12.7. The van der Waals surface area contributed by atoms with E-state index in [4.69, 9.17) is 0 Å². The van der Waals surface area contributed by atoms with Crippen LogP contribution in [0.2, 0.25) is 0 Å². The lowest BCUT2D eigenvalue weighted by Gasteiger charge is -2.31. The zero-order valence-corrected chi connectivity index (χ0v) is 11.1. The van der Waals surface area contributed by atoms with Gasteiger partial charge in [-0.25, -0.2) is 4.98 Å². The topological polar surface area (TPSA) is 79.0 Å². The summed E-state index contributed by atoms with van der Waals surface area (Å²) in [6.07, 6.45) is 6.71. The summed E-state index contributed by atoms with van der Waals surface area (Å²) in [6, 6.07) is -0.358. The summed E-state index contributed by atoms with van der Waals surface area (Å²) in [5.74, 6) is 0.478. The van der Waals surface area contributed by atoms with Crippen LogP contribution in [0.3, 0.4) is 0 Å². The molecule has 2 heterocycles. The van der Waals surface area contributed by atoms with Crippen molar-refractivity contribution < 1.29 is 9.59 Å². The Morgan fingerprint density at radius 1 is 1.32 bits per heavy atom. The van der Waals surface area contributed by atoms with Crippen LogP contribution in [-0.4, -0.2) is 31.9 Å². The van der Waals surface area contributed by atoms with Gasteiger partial charge in [0.15, 0.2) is 0 Å². The van der Waals surface area contributed by atoms with Crippen LogP contribution < -0.4 is 0 Å². The van der Waals surface area contributed by atoms with Crippen molar-refractivity contribution >= 4 is 11.8 Å². The number of carbonyl (C=O) groups is 2. The van der Waals surface area contributed by atoms with E-state index >= 15 is 0 Å². The van der Waals surface area contributed by atoms with Crippen LogP contribution in [0, 0.1) is 5.41 Å². The van der Waals surface area contributed by atoms with Crippen LogP contribution in [-0.2, 0) is 9.59 Å². The Morgan fingerprint density at radius 2 is 2.05 bits per heavy atom. The van der Waals surface area contributed by atoms with Crippen molar-refractivity contribution in [3.63, 3.8) is 0 Å². The maximum atomic E-state index is 12.7. The fourth-order valence-corrected chi connectivity index (χ4v) is 3.37. The van der Waals surface area contributed by atoms with Crippen LogP contribution in [0.5, 0.6) is 0 Å². The molecule has 1 spiro atoms. The summed E-state index contributed by atoms with van der Waals surface area (Å²) in [5, 5.41) is 6.52. The largest absolute Gasteiger partial charge is 0.274 e. The van der Waals surface area contributed by atoms with Crippen molar-refractivity contribution in [2.75, 3.05) is 0 Å². The summed E-state index contributed by atoms with van der Waals surface area (Å²) in [7, 11) is 0. The predicted molar refractivity (Wildman–Crippen MR) is 66.8 cm³/mol. The van der Waals surface area contributed by atoms with E-state index < -0.39 is 5.41 Å². The van der Waals surface area contributed by atoms with Gasteiger partial charge in [0.2, 0.25) is 11.8 Å². The second-order valence-electron chi connectivity index (χ2n) is 5.63. The Balaban J connectivity index is 1.87. The Morgan fingerprint density at radius 3 is 2.68 bits per heavy atom. The number of hydrogen-bond donors (Lipinski definition) is 1. The minimum atomic E-state index is -0.427. The number of rotatable bonds is 2. The van der Waals surface area contributed by atoms with E-state index in [1.165, 1.54) is 17.6 Å². The molecular weight excluding hydrogens is 244 g/mol. The molecule has 1 aromatic heterocycles. The fourth-order valence-electron chi connectivity index (χ4n) is 3.37. The molecule has 6 heteroatoms. The van der Waals surface area contributed by atoms with Crippen LogP contribution in [0.4, 0.5) is 0 Å². The van der Waals surface area contributed by atoms with Gasteiger partial charge in [0.05, 0.1) is 11.5 Å². The lowest BCUT2D eigenvalue weighted by atomic mass is 9.73. The zero-order chi connectivity index (χ0) is 13.5. The number of nitrogens with zero attached hydrogens (tertiary/aromatic N) is 3. The number of aromatic amines is 1. The maximum Gasteiger partial charge on any atom is 0.236 e. The highest BCUT2D eigenvalue weighted by Gasteiger charge is 2.53. The average Bonchev–Trinajstić information content (AvgIpc) is 2.99. The predicted octanol–water partition coefficient (Wildman–Crippen LogP) is 1.58. The first-order chi connectivity index (χ1) is 9.14. The number of imide groups is 1. The first-order valence-corrected chi connectivity index (χ1v) is 6.86. The molecule has 1 saturated heterocycles. The van der Waals surface area contributed by atoms with Gasteiger partial charge in [0.1, 0.15) is 12.2 Å². The Labute approximate surface area is 111 Å². The monoisotopic (exact) mass is 262 g/mol. The SMILES string of the molecule is CC(c1ncn[nH]1)N1C(=O)CC2(CCCCC2)C1=O. The van der Waals surface area contributed by atoms with Crippen LogP contribution >= 0.6 is 0 Å². The minimum absolute atomic E-state index is 0.0129. The highest BCUT2D eigenvalue weighted by molar-refractivity contribution is 6.06. The quantitative estimate of drug-likeness (QED) is 0.821. The van der Waals surface area contributed by atoms with E-state index in [0.29, 0.717) is 12.2 Å². The molecule has 1 aromatic rings. The smallest absolute Gasteiger partial charge is 0.236 e. The number of nitrogens with one attached hydrogen (secondary N) is 1. The molecule has 1 unspecified atom stereocenters. The van der Waals surface area contributed by atoms with Gasteiger partial charge in [-0.05, 0) is 19.8 Å². The van der Waals surface area contributed by atoms with Gasteiger partial charge in [0.25, 0.3) is 0 Å². The van der Waals surface area contributed by atoms with E-state index in [1.54, 1.807) is 0 Å². The van der Waals surface area contributed by atoms with E-state index in [2.05, 4.69) is 15.2 Å². The summed E-state index contributed by atoms with van der Waals surface area (Å²) in [5.41, 5.74) is -0.427. The molecule has 1 N–H and O–H groups in total. The van der Waals surface area contributed by atoms with Crippen LogP contribution in [0.1, 0.15) is 57.3 Å². The third-order valence-electron chi connectivity index (χ3n) is 4.46. The summed E-state index contributed by atoms with van der Waals surface area (Å²) >= 11 is 0. The van der Waals surface area contributed by atoms with Crippen molar-refractivity contribution in [3.8, 4) is 0 Å². The molecule has 2 fully saturated rings. The summed E-state index contributed by atoms with van der Waals surface area (Å²) in [6.45, 7) is 1.82. The van der Waals surface area contributed by atoms with Gasteiger partial charge in [-0.2, -0.15) is 5.10 Å². The van der Waals surface area contributed by atoms with Crippen LogP contribution in [0.25, 0.3) is 0 Å². The highest BCUT2D eigenvalue weighted by atomic mass is 16.2. The second-order valence-corrected chi connectivity index (χ2v) is 5.63. The Kier molecular flexibility index (Phi) is 2.88. The van der Waals surface area contributed by atoms with E-state index in [9.17, 15) is 9.59 Å². The molecule has 2 amide bonds. The third kappa shape index (κ3) is 1.86. The molecule has 19 heavy (non-hydrogen) atoms. The molecule has 102 valence electrons. The lowest BCUT2D eigenvalue weighted by Crippen LogP contribution is -2.38. The summed E-state index contributed by atoms with van der Waals surface area (Å²) < 4.78 is 0. The van der Waals surface area contributed by atoms with Gasteiger partial charge in [-0.1, -0.05) is 19.3 Å². The van der Waals surface area contributed by atoms with E-state index in [-0.39, 0.29) is 17.9 Å². The highest BCUT2D eigenvalue weighted by Crippen LogP contribution is 2.47. The Hall–Kier alpha value is -1.72. The first-order valence-electron chi connectivity index (χ1n) is 6.86. The van der Waals surface area contributed by atoms with Crippen molar-refractivity contribution in [2.45, 2.75) is 51.5 Å². The van der Waals surface area contributed by atoms with E-state index in [1.807, 2.05) is 6.92 Å². The Bertz CT molecular complexity index is 491.